The van der Waals surface area contributed by atoms with Crippen LogP contribution in [0.5, 0.6) is 5.75 Å². The van der Waals surface area contributed by atoms with Crippen LogP contribution < -0.4 is 10.1 Å². The van der Waals surface area contributed by atoms with Gasteiger partial charge in [-0.25, -0.2) is 0 Å². The number of carbonyl (C=O) groups excluding carboxylic acids is 2. The molecule has 1 atom stereocenters. The predicted octanol–water partition coefficient (Wildman–Crippen LogP) is 2.21. The van der Waals surface area contributed by atoms with Gasteiger partial charge in [-0.1, -0.05) is 31.0 Å². The smallest absolute Gasteiger partial charge is 0.305 e. The summed E-state index contributed by atoms with van der Waals surface area (Å²) in [5.41, 5.74) is -0.633. The first kappa shape index (κ1) is 20.2. The Bertz CT molecular complexity index is 700. The Morgan fingerprint density at radius 1 is 1.14 bits per heavy atom. The van der Waals surface area contributed by atoms with E-state index in [0.717, 1.165) is 19.3 Å². The van der Waals surface area contributed by atoms with Crippen molar-refractivity contribution < 1.29 is 24.2 Å². The highest BCUT2D eigenvalue weighted by atomic mass is 16.5. The van der Waals surface area contributed by atoms with Crippen LogP contribution in [0.2, 0.25) is 0 Å². The maximum atomic E-state index is 12.8. The summed E-state index contributed by atoms with van der Waals surface area (Å²) in [6, 6.07) is 9.16. The van der Waals surface area contributed by atoms with E-state index in [-0.39, 0.29) is 30.8 Å². The van der Waals surface area contributed by atoms with Crippen molar-refractivity contribution in [2.45, 2.75) is 50.5 Å². The van der Waals surface area contributed by atoms with Gasteiger partial charge in [-0.2, -0.15) is 0 Å². The molecule has 152 valence electrons. The second-order valence-corrected chi connectivity index (χ2v) is 7.83. The first-order valence-electron chi connectivity index (χ1n) is 9.97. The lowest BCUT2D eigenvalue weighted by Gasteiger charge is -2.35. The van der Waals surface area contributed by atoms with Crippen molar-refractivity contribution >= 4 is 17.8 Å². The van der Waals surface area contributed by atoms with E-state index in [0.29, 0.717) is 38.1 Å². The molecule has 2 fully saturated rings. The van der Waals surface area contributed by atoms with Gasteiger partial charge < -0.3 is 20.1 Å². The number of aliphatic carboxylic acids is 1. The monoisotopic (exact) mass is 388 g/mol. The Kier molecular flexibility index (Phi) is 6.54. The number of rotatable bonds is 7. The van der Waals surface area contributed by atoms with Gasteiger partial charge in [0.15, 0.2) is 6.61 Å². The lowest BCUT2D eigenvalue weighted by molar-refractivity contribution is -0.139. The van der Waals surface area contributed by atoms with Crippen LogP contribution in [0.4, 0.5) is 0 Å². The van der Waals surface area contributed by atoms with E-state index < -0.39 is 11.5 Å². The molecule has 1 aromatic carbocycles. The van der Waals surface area contributed by atoms with Crippen LogP contribution in [0.25, 0.3) is 0 Å². The zero-order valence-electron chi connectivity index (χ0n) is 16.1. The largest absolute Gasteiger partial charge is 0.484 e. The molecule has 28 heavy (non-hydrogen) atoms. The Hall–Kier alpha value is -2.57. The molecule has 1 aliphatic carbocycles. The molecule has 1 saturated carbocycles. The Labute approximate surface area is 165 Å². The van der Waals surface area contributed by atoms with Crippen molar-refractivity contribution in [2.24, 2.45) is 5.92 Å². The van der Waals surface area contributed by atoms with Crippen molar-refractivity contribution in [2.75, 3.05) is 19.7 Å². The molecule has 1 aromatic rings. The molecule has 7 nitrogen and oxygen atoms in total. The highest BCUT2D eigenvalue weighted by Crippen LogP contribution is 2.33. The van der Waals surface area contributed by atoms with Gasteiger partial charge in [0, 0.05) is 13.1 Å². The fourth-order valence-electron chi connectivity index (χ4n) is 4.22. The lowest BCUT2D eigenvalue weighted by atomic mass is 9.90. The van der Waals surface area contributed by atoms with Gasteiger partial charge >= 0.3 is 5.97 Å². The van der Waals surface area contributed by atoms with Gasteiger partial charge in [0.05, 0.1) is 17.9 Å². The van der Waals surface area contributed by atoms with Gasteiger partial charge in [0.1, 0.15) is 5.75 Å². The summed E-state index contributed by atoms with van der Waals surface area (Å²) >= 11 is 0. The Balaban J connectivity index is 1.54. The second-order valence-electron chi connectivity index (χ2n) is 7.83. The number of benzene rings is 1. The molecular formula is C21H28N2O5. The maximum absolute atomic E-state index is 12.8. The fraction of sp³-hybridized carbons (Fsp3) is 0.571. The molecule has 0 bridgehead atoms. The van der Waals surface area contributed by atoms with Crippen LogP contribution in [-0.4, -0.2) is 53.0 Å². The summed E-state index contributed by atoms with van der Waals surface area (Å²) in [5, 5.41) is 12.2. The molecule has 1 aliphatic heterocycles. The van der Waals surface area contributed by atoms with E-state index in [4.69, 9.17) is 4.74 Å². The van der Waals surface area contributed by atoms with Crippen LogP contribution in [0.1, 0.15) is 44.9 Å². The zero-order chi connectivity index (χ0) is 20.0. The van der Waals surface area contributed by atoms with Gasteiger partial charge in [0.25, 0.3) is 5.91 Å². The summed E-state index contributed by atoms with van der Waals surface area (Å²) in [6.45, 7) is 0.911. The molecular weight excluding hydrogens is 360 g/mol. The molecule has 1 unspecified atom stereocenters. The number of hydrogen-bond acceptors (Lipinski definition) is 4. The molecule has 3 rings (SSSR count). The first-order valence-corrected chi connectivity index (χ1v) is 9.97. The highest BCUT2D eigenvalue weighted by molar-refractivity contribution is 5.83. The lowest BCUT2D eigenvalue weighted by Crippen LogP contribution is -2.53. The van der Waals surface area contributed by atoms with Crippen molar-refractivity contribution in [3.8, 4) is 5.75 Å². The number of nitrogens with one attached hydrogen (secondary N) is 1. The summed E-state index contributed by atoms with van der Waals surface area (Å²) in [7, 11) is 0. The average molecular weight is 388 g/mol. The Morgan fingerprint density at radius 3 is 2.54 bits per heavy atom. The molecule has 0 aromatic heterocycles. The Morgan fingerprint density at radius 2 is 1.86 bits per heavy atom. The van der Waals surface area contributed by atoms with Gasteiger partial charge in [-0.15, -0.1) is 0 Å². The van der Waals surface area contributed by atoms with Crippen LogP contribution in [-0.2, 0) is 14.4 Å². The van der Waals surface area contributed by atoms with Crippen molar-refractivity contribution in [3.63, 3.8) is 0 Å². The number of carboxylic acid groups (broad SMARTS) is 1. The zero-order valence-corrected chi connectivity index (χ0v) is 16.1. The van der Waals surface area contributed by atoms with Crippen molar-refractivity contribution in [3.05, 3.63) is 30.3 Å². The third-order valence-corrected chi connectivity index (χ3v) is 5.69. The van der Waals surface area contributed by atoms with E-state index in [2.05, 4.69) is 5.32 Å². The number of carboxylic acids is 1. The minimum Gasteiger partial charge on any atom is -0.484 e. The molecule has 2 N–H and O–H groups in total. The predicted molar refractivity (Wildman–Crippen MR) is 103 cm³/mol. The summed E-state index contributed by atoms with van der Waals surface area (Å²) in [6.07, 6.45) is 4.67. The molecule has 0 radical (unpaired) electrons. The molecule has 0 spiro atoms. The van der Waals surface area contributed by atoms with Gasteiger partial charge in [-0.3, -0.25) is 14.4 Å². The number of ether oxygens (including phenoxy) is 1. The molecule has 2 aliphatic rings. The maximum Gasteiger partial charge on any atom is 0.305 e. The molecule has 2 amide bonds. The standard InChI is InChI=1S/C21H28N2O5/c24-18(15-28-17-8-2-1-3-9-17)23-12-6-7-16(14-23)20(27)22-21(13-19(25)26)10-4-5-11-21/h1-3,8-9,16H,4-7,10-15H2,(H,22,27)(H,25,26). The first-order chi connectivity index (χ1) is 13.5. The van der Waals surface area contributed by atoms with E-state index in [1.54, 1.807) is 17.0 Å². The van der Waals surface area contributed by atoms with E-state index in [9.17, 15) is 19.5 Å². The molecule has 1 saturated heterocycles. The summed E-state index contributed by atoms with van der Waals surface area (Å²) in [5.74, 6) is -0.826. The normalized spacial score (nSPS) is 21.1. The number of piperidine rings is 1. The van der Waals surface area contributed by atoms with Gasteiger partial charge in [-0.05, 0) is 37.8 Å². The van der Waals surface area contributed by atoms with Crippen molar-refractivity contribution in [1.29, 1.82) is 0 Å². The van der Waals surface area contributed by atoms with Crippen molar-refractivity contribution in [1.82, 2.24) is 10.2 Å². The van der Waals surface area contributed by atoms with E-state index in [1.165, 1.54) is 0 Å². The SMILES string of the molecule is O=C(O)CC1(NC(=O)C2CCCN(C(=O)COc3ccccc3)C2)CCCC1. The number of amides is 2. The third-order valence-electron chi connectivity index (χ3n) is 5.69. The van der Waals surface area contributed by atoms with E-state index in [1.807, 2.05) is 18.2 Å². The van der Waals surface area contributed by atoms with Gasteiger partial charge in [0.2, 0.25) is 5.91 Å². The van der Waals surface area contributed by atoms with E-state index >= 15 is 0 Å². The minimum absolute atomic E-state index is 0.0426. The average Bonchev–Trinajstić information content (AvgIpc) is 3.14. The number of carbonyl (C=O) groups is 3. The van der Waals surface area contributed by atoms with Crippen LogP contribution in [0, 0.1) is 5.92 Å². The number of likely N-dealkylation sites (tertiary alicyclic amines) is 1. The fourth-order valence-corrected chi connectivity index (χ4v) is 4.22. The van der Waals surface area contributed by atoms with Crippen LogP contribution in [0.3, 0.4) is 0 Å². The quantitative estimate of drug-likeness (QED) is 0.747. The topological polar surface area (TPSA) is 95.9 Å². The van der Waals surface area contributed by atoms with Crippen LogP contribution in [0.15, 0.2) is 30.3 Å². The minimum atomic E-state index is -0.888. The highest BCUT2D eigenvalue weighted by Gasteiger charge is 2.39. The third kappa shape index (κ3) is 5.24. The second kappa shape index (κ2) is 9.08. The number of nitrogens with zero attached hydrogens (tertiary/aromatic N) is 1. The number of hydrogen-bond donors (Lipinski definition) is 2. The molecule has 7 heteroatoms. The number of para-hydroxylation sites is 1. The molecule has 1 heterocycles. The summed E-state index contributed by atoms with van der Waals surface area (Å²) < 4.78 is 5.53. The summed E-state index contributed by atoms with van der Waals surface area (Å²) in [4.78, 5) is 38.2. The van der Waals surface area contributed by atoms with Crippen LogP contribution >= 0.6 is 0 Å².